The summed E-state index contributed by atoms with van der Waals surface area (Å²) in [6, 6.07) is 10.3. The normalized spacial score (nSPS) is 24.6. The third-order valence-corrected chi connectivity index (χ3v) is 4.37. The zero-order valence-electron chi connectivity index (χ0n) is 12.1. The third kappa shape index (κ3) is 3.14. The molecule has 1 atom stereocenters. The van der Waals surface area contributed by atoms with Crippen LogP contribution in [0.4, 0.5) is 0 Å². The van der Waals surface area contributed by atoms with Gasteiger partial charge in [-0.3, -0.25) is 0 Å². The summed E-state index contributed by atoms with van der Waals surface area (Å²) in [5.41, 5.74) is 3.03. The van der Waals surface area contributed by atoms with Gasteiger partial charge in [0.05, 0.1) is 0 Å². The number of benzene rings is 1. The van der Waals surface area contributed by atoms with Gasteiger partial charge >= 0.3 is 0 Å². The minimum absolute atomic E-state index is 0.734. The van der Waals surface area contributed by atoms with E-state index in [2.05, 4.69) is 50.4 Å². The van der Waals surface area contributed by atoms with Gasteiger partial charge in [-0.25, -0.2) is 0 Å². The SMILES string of the molecule is CCCC(CC)NC1CC(c2ccccc2C)C1. The fraction of sp³-hybridized carbons (Fsp3) is 0.647. The molecule has 0 heterocycles. The van der Waals surface area contributed by atoms with E-state index < -0.39 is 0 Å². The van der Waals surface area contributed by atoms with Crippen LogP contribution >= 0.6 is 0 Å². The van der Waals surface area contributed by atoms with E-state index in [9.17, 15) is 0 Å². The third-order valence-electron chi connectivity index (χ3n) is 4.37. The molecule has 1 N–H and O–H groups in total. The van der Waals surface area contributed by atoms with Crippen molar-refractivity contribution in [2.75, 3.05) is 0 Å². The molecule has 1 fully saturated rings. The molecule has 0 bridgehead atoms. The lowest BCUT2D eigenvalue weighted by atomic mass is 9.74. The molecule has 2 rings (SSSR count). The Hall–Kier alpha value is -0.820. The zero-order chi connectivity index (χ0) is 13.0. The van der Waals surface area contributed by atoms with Crippen LogP contribution in [0.2, 0.25) is 0 Å². The Balaban J connectivity index is 1.82. The van der Waals surface area contributed by atoms with Crippen molar-refractivity contribution < 1.29 is 0 Å². The molecule has 0 radical (unpaired) electrons. The number of rotatable bonds is 6. The number of hydrogen-bond acceptors (Lipinski definition) is 1. The first-order valence-electron chi connectivity index (χ1n) is 7.56. The van der Waals surface area contributed by atoms with Gasteiger partial charge in [-0.1, -0.05) is 44.5 Å². The Kier molecular flexibility index (Phi) is 4.82. The van der Waals surface area contributed by atoms with Crippen LogP contribution < -0.4 is 5.32 Å². The fourth-order valence-electron chi connectivity index (χ4n) is 3.14. The predicted molar refractivity (Wildman–Crippen MR) is 79.1 cm³/mol. The van der Waals surface area contributed by atoms with Crippen molar-refractivity contribution >= 4 is 0 Å². The van der Waals surface area contributed by atoms with Crippen molar-refractivity contribution in [1.29, 1.82) is 0 Å². The summed E-state index contributed by atoms with van der Waals surface area (Å²) in [4.78, 5) is 0. The van der Waals surface area contributed by atoms with Gasteiger partial charge in [-0.15, -0.1) is 0 Å². The van der Waals surface area contributed by atoms with Crippen LogP contribution in [0.3, 0.4) is 0 Å². The van der Waals surface area contributed by atoms with Crippen molar-refractivity contribution in [3.05, 3.63) is 35.4 Å². The maximum absolute atomic E-state index is 3.82. The van der Waals surface area contributed by atoms with Gasteiger partial charge in [-0.2, -0.15) is 0 Å². The maximum atomic E-state index is 3.82. The second kappa shape index (κ2) is 6.38. The Labute approximate surface area is 112 Å². The zero-order valence-corrected chi connectivity index (χ0v) is 12.1. The molecule has 1 aromatic carbocycles. The first-order valence-corrected chi connectivity index (χ1v) is 7.56. The minimum atomic E-state index is 0.734. The van der Waals surface area contributed by atoms with Crippen LogP contribution in [0.15, 0.2) is 24.3 Å². The molecule has 0 aromatic heterocycles. The lowest BCUT2D eigenvalue weighted by Gasteiger charge is -2.39. The summed E-state index contributed by atoms with van der Waals surface area (Å²) in [6.45, 7) is 6.81. The highest BCUT2D eigenvalue weighted by Gasteiger charge is 2.31. The first kappa shape index (κ1) is 13.6. The van der Waals surface area contributed by atoms with E-state index in [0.29, 0.717) is 0 Å². The maximum Gasteiger partial charge on any atom is 0.00813 e. The molecule has 0 saturated heterocycles. The second-order valence-electron chi connectivity index (χ2n) is 5.78. The highest BCUT2D eigenvalue weighted by molar-refractivity contribution is 5.31. The Morgan fingerprint density at radius 3 is 2.56 bits per heavy atom. The van der Waals surface area contributed by atoms with Crippen molar-refractivity contribution in [3.8, 4) is 0 Å². The van der Waals surface area contributed by atoms with Crippen LogP contribution in [-0.4, -0.2) is 12.1 Å². The first-order chi connectivity index (χ1) is 8.74. The highest BCUT2D eigenvalue weighted by atomic mass is 15.0. The van der Waals surface area contributed by atoms with Gasteiger partial charge < -0.3 is 5.32 Å². The van der Waals surface area contributed by atoms with E-state index in [4.69, 9.17) is 0 Å². The lowest BCUT2D eigenvalue weighted by molar-refractivity contribution is 0.255. The van der Waals surface area contributed by atoms with Crippen LogP contribution in [0.25, 0.3) is 0 Å². The van der Waals surface area contributed by atoms with E-state index in [0.717, 1.165) is 18.0 Å². The van der Waals surface area contributed by atoms with Crippen LogP contribution in [0.5, 0.6) is 0 Å². The van der Waals surface area contributed by atoms with Crippen molar-refractivity contribution in [2.24, 2.45) is 0 Å². The molecule has 100 valence electrons. The highest BCUT2D eigenvalue weighted by Crippen LogP contribution is 2.38. The van der Waals surface area contributed by atoms with E-state index in [1.165, 1.54) is 37.7 Å². The van der Waals surface area contributed by atoms with Crippen molar-refractivity contribution in [3.63, 3.8) is 0 Å². The van der Waals surface area contributed by atoms with Gasteiger partial charge in [0.25, 0.3) is 0 Å². The monoisotopic (exact) mass is 245 g/mol. The Morgan fingerprint density at radius 2 is 1.94 bits per heavy atom. The number of aryl methyl sites for hydroxylation is 1. The lowest BCUT2D eigenvalue weighted by Crippen LogP contribution is -2.45. The summed E-state index contributed by atoms with van der Waals surface area (Å²) in [5, 5.41) is 3.82. The largest absolute Gasteiger partial charge is 0.311 e. The molecule has 0 spiro atoms. The fourth-order valence-corrected chi connectivity index (χ4v) is 3.14. The van der Waals surface area contributed by atoms with E-state index in [-0.39, 0.29) is 0 Å². The van der Waals surface area contributed by atoms with Gasteiger partial charge in [0, 0.05) is 12.1 Å². The molecule has 1 aliphatic carbocycles. The summed E-state index contributed by atoms with van der Waals surface area (Å²) >= 11 is 0. The molecule has 1 heteroatoms. The average molecular weight is 245 g/mol. The molecule has 1 unspecified atom stereocenters. The summed E-state index contributed by atoms with van der Waals surface area (Å²) < 4.78 is 0. The molecular weight excluding hydrogens is 218 g/mol. The molecule has 1 saturated carbocycles. The molecular formula is C17H27N. The Bertz CT molecular complexity index is 366. The molecule has 1 nitrogen and oxygen atoms in total. The van der Waals surface area contributed by atoms with Crippen LogP contribution in [0.1, 0.15) is 63.0 Å². The van der Waals surface area contributed by atoms with Gasteiger partial charge in [-0.05, 0) is 49.7 Å². The minimum Gasteiger partial charge on any atom is -0.311 e. The molecule has 0 aliphatic heterocycles. The average Bonchev–Trinajstić information content (AvgIpc) is 2.33. The second-order valence-corrected chi connectivity index (χ2v) is 5.78. The van der Waals surface area contributed by atoms with E-state index in [1.54, 1.807) is 5.56 Å². The van der Waals surface area contributed by atoms with Gasteiger partial charge in [0.1, 0.15) is 0 Å². The molecule has 1 aliphatic rings. The van der Waals surface area contributed by atoms with Gasteiger partial charge in [0.15, 0.2) is 0 Å². The van der Waals surface area contributed by atoms with Crippen LogP contribution in [0, 0.1) is 6.92 Å². The standard InChI is InChI=1S/C17H27N/c1-4-8-15(5-2)18-16-11-14(12-16)17-10-7-6-9-13(17)3/h6-7,9-10,14-16,18H,4-5,8,11-12H2,1-3H3. The smallest absolute Gasteiger partial charge is 0.00813 e. The Morgan fingerprint density at radius 1 is 1.22 bits per heavy atom. The quantitative estimate of drug-likeness (QED) is 0.783. The van der Waals surface area contributed by atoms with Crippen LogP contribution in [-0.2, 0) is 0 Å². The van der Waals surface area contributed by atoms with E-state index >= 15 is 0 Å². The predicted octanol–water partition coefficient (Wildman–Crippen LogP) is 4.41. The van der Waals surface area contributed by atoms with Crippen molar-refractivity contribution in [2.45, 2.75) is 70.9 Å². The number of nitrogens with one attached hydrogen (secondary N) is 1. The van der Waals surface area contributed by atoms with Gasteiger partial charge in [0.2, 0.25) is 0 Å². The summed E-state index contributed by atoms with van der Waals surface area (Å²) in [6.07, 6.45) is 6.52. The topological polar surface area (TPSA) is 12.0 Å². The van der Waals surface area contributed by atoms with Crippen molar-refractivity contribution in [1.82, 2.24) is 5.32 Å². The number of hydrogen-bond donors (Lipinski definition) is 1. The molecule has 0 amide bonds. The molecule has 1 aromatic rings. The van der Waals surface area contributed by atoms with E-state index in [1.807, 2.05) is 0 Å². The molecule has 18 heavy (non-hydrogen) atoms. The summed E-state index contributed by atoms with van der Waals surface area (Å²) in [7, 11) is 0. The summed E-state index contributed by atoms with van der Waals surface area (Å²) in [5.74, 6) is 0.794.